The fourth-order valence-corrected chi connectivity index (χ4v) is 2.34. The number of rotatable bonds is 1. The minimum absolute atomic E-state index is 0.769. The summed E-state index contributed by atoms with van der Waals surface area (Å²) in [5, 5.41) is 0. The van der Waals surface area contributed by atoms with Gasteiger partial charge in [-0.3, -0.25) is 4.98 Å². The van der Waals surface area contributed by atoms with E-state index < -0.39 is 0 Å². The highest BCUT2D eigenvalue weighted by Crippen LogP contribution is 2.27. The Hall–Kier alpha value is -1.83. The molecule has 0 aliphatic heterocycles. The van der Waals surface area contributed by atoms with E-state index in [1.165, 1.54) is 36.0 Å². The fourth-order valence-electron chi connectivity index (χ4n) is 2.34. The molecule has 2 N–H and O–H groups in total. The zero-order valence-electron chi connectivity index (χ0n) is 9.11. The topological polar surface area (TPSA) is 38.9 Å². The number of pyridine rings is 1. The van der Waals surface area contributed by atoms with Crippen molar-refractivity contribution in [3.8, 4) is 11.3 Å². The third-order valence-electron chi connectivity index (χ3n) is 3.18. The molecule has 1 aromatic carbocycles. The van der Waals surface area contributed by atoms with Crippen LogP contribution in [0.5, 0.6) is 0 Å². The number of anilines is 1. The summed E-state index contributed by atoms with van der Waals surface area (Å²) in [5.41, 5.74) is 11.6. The van der Waals surface area contributed by atoms with Crippen molar-refractivity contribution in [2.45, 2.75) is 19.3 Å². The van der Waals surface area contributed by atoms with Crippen LogP contribution < -0.4 is 5.73 Å². The SMILES string of the molecule is Nc1ccnc(-c2ccc3c(c2)CCC3)c1. The molecule has 0 fully saturated rings. The van der Waals surface area contributed by atoms with Crippen molar-refractivity contribution >= 4 is 5.69 Å². The van der Waals surface area contributed by atoms with Gasteiger partial charge in [0.2, 0.25) is 0 Å². The van der Waals surface area contributed by atoms with Gasteiger partial charge in [-0.2, -0.15) is 0 Å². The van der Waals surface area contributed by atoms with E-state index in [-0.39, 0.29) is 0 Å². The number of aromatic nitrogens is 1. The molecule has 1 aliphatic rings. The first-order valence-corrected chi connectivity index (χ1v) is 5.66. The third-order valence-corrected chi connectivity index (χ3v) is 3.18. The average Bonchev–Trinajstić information content (AvgIpc) is 2.75. The van der Waals surface area contributed by atoms with E-state index in [1.807, 2.05) is 12.1 Å². The Balaban J connectivity index is 2.07. The Morgan fingerprint density at radius 1 is 1.00 bits per heavy atom. The van der Waals surface area contributed by atoms with Crippen molar-refractivity contribution in [3.05, 3.63) is 47.7 Å². The summed E-state index contributed by atoms with van der Waals surface area (Å²) in [6, 6.07) is 10.4. The predicted octanol–water partition coefficient (Wildman–Crippen LogP) is 2.82. The van der Waals surface area contributed by atoms with Crippen LogP contribution in [0.4, 0.5) is 5.69 Å². The minimum Gasteiger partial charge on any atom is -0.399 e. The molecular formula is C14H14N2. The molecule has 0 atom stereocenters. The van der Waals surface area contributed by atoms with Crippen LogP contribution in [-0.4, -0.2) is 4.98 Å². The molecule has 2 heteroatoms. The van der Waals surface area contributed by atoms with E-state index in [0.29, 0.717) is 0 Å². The standard InChI is InChI=1S/C14H14N2/c15-13-6-7-16-14(9-13)12-5-4-10-2-1-3-11(10)8-12/h4-9H,1-3H2,(H2,15,16). The number of fused-ring (bicyclic) bond motifs is 1. The monoisotopic (exact) mass is 210 g/mol. The maximum Gasteiger partial charge on any atom is 0.0722 e. The summed E-state index contributed by atoms with van der Waals surface area (Å²) in [5.74, 6) is 0. The van der Waals surface area contributed by atoms with Crippen LogP contribution in [0.15, 0.2) is 36.5 Å². The first-order valence-electron chi connectivity index (χ1n) is 5.66. The maximum atomic E-state index is 5.77. The first kappa shape index (κ1) is 9.40. The van der Waals surface area contributed by atoms with Crippen LogP contribution in [0.25, 0.3) is 11.3 Å². The van der Waals surface area contributed by atoms with Gasteiger partial charge < -0.3 is 5.73 Å². The summed E-state index contributed by atoms with van der Waals surface area (Å²) in [4.78, 5) is 4.36. The summed E-state index contributed by atoms with van der Waals surface area (Å²) in [6.07, 6.45) is 5.46. The minimum atomic E-state index is 0.769. The molecule has 16 heavy (non-hydrogen) atoms. The number of aryl methyl sites for hydroxylation is 2. The Bertz CT molecular complexity index is 532. The van der Waals surface area contributed by atoms with E-state index in [4.69, 9.17) is 5.73 Å². The van der Waals surface area contributed by atoms with Crippen LogP contribution in [0.3, 0.4) is 0 Å². The summed E-state index contributed by atoms with van der Waals surface area (Å²) >= 11 is 0. The van der Waals surface area contributed by atoms with Gasteiger partial charge in [-0.15, -0.1) is 0 Å². The summed E-state index contributed by atoms with van der Waals surface area (Å²) in [6.45, 7) is 0. The average molecular weight is 210 g/mol. The molecule has 0 bridgehead atoms. The molecule has 1 aromatic heterocycles. The number of hydrogen-bond acceptors (Lipinski definition) is 2. The molecule has 0 saturated heterocycles. The third kappa shape index (κ3) is 1.56. The van der Waals surface area contributed by atoms with Gasteiger partial charge >= 0.3 is 0 Å². The zero-order valence-corrected chi connectivity index (χ0v) is 9.11. The van der Waals surface area contributed by atoms with Crippen LogP contribution >= 0.6 is 0 Å². The molecule has 3 rings (SSSR count). The Labute approximate surface area is 95.1 Å². The molecule has 0 unspecified atom stereocenters. The van der Waals surface area contributed by atoms with E-state index in [1.54, 1.807) is 6.20 Å². The lowest BCUT2D eigenvalue weighted by Crippen LogP contribution is -1.90. The quantitative estimate of drug-likeness (QED) is 0.786. The number of nitrogens with two attached hydrogens (primary N) is 1. The second-order valence-corrected chi connectivity index (χ2v) is 4.31. The van der Waals surface area contributed by atoms with Crippen LogP contribution in [-0.2, 0) is 12.8 Å². The van der Waals surface area contributed by atoms with E-state index in [0.717, 1.165) is 11.4 Å². The molecule has 80 valence electrons. The lowest BCUT2D eigenvalue weighted by molar-refractivity contribution is 0.912. The van der Waals surface area contributed by atoms with Gasteiger partial charge in [0.1, 0.15) is 0 Å². The molecule has 0 radical (unpaired) electrons. The number of benzene rings is 1. The van der Waals surface area contributed by atoms with Crippen LogP contribution in [0, 0.1) is 0 Å². The van der Waals surface area contributed by atoms with Crippen molar-refractivity contribution in [2.75, 3.05) is 5.73 Å². The van der Waals surface area contributed by atoms with Crippen molar-refractivity contribution in [3.63, 3.8) is 0 Å². The Kier molecular flexibility index (Phi) is 2.13. The van der Waals surface area contributed by atoms with E-state index >= 15 is 0 Å². The van der Waals surface area contributed by atoms with Gasteiger partial charge in [-0.1, -0.05) is 12.1 Å². The van der Waals surface area contributed by atoms with Gasteiger partial charge in [0.05, 0.1) is 5.69 Å². The highest BCUT2D eigenvalue weighted by molar-refractivity contribution is 5.64. The number of hydrogen-bond donors (Lipinski definition) is 1. The predicted molar refractivity (Wildman–Crippen MR) is 66.1 cm³/mol. The smallest absolute Gasteiger partial charge is 0.0722 e. The molecule has 2 nitrogen and oxygen atoms in total. The molecule has 0 amide bonds. The highest BCUT2D eigenvalue weighted by atomic mass is 14.7. The summed E-state index contributed by atoms with van der Waals surface area (Å²) < 4.78 is 0. The lowest BCUT2D eigenvalue weighted by atomic mass is 10.0. The molecule has 0 spiro atoms. The van der Waals surface area contributed by atoms with Crippen molar-refractivity contribution in [1.29, 1.82) is 0 Å². The van der Waals surface area contributed by atoms with E-state index in [9.17, 15) is 0 Å². The van der Waals surface area contributed by atoms with Gasteiger partial charge in [0, 0.05) is 17.4 Å². The van der Waals surface area contributed by atoms with Crippen LogP contribution in [0.1, 0.15) is 17.5 Å². The molecule has 2 aromatic rings. The normalized spacial score (nSPS) is 13.8. The van der Waals surface area contributed by atoms with Gasteiger partial charge in [0.25, 0.3) is 0 Å². The van der Waals surface area contributed by atoms with Crippen molar-refractivity contribution in [1.82, 2.24) is 4.98 Å². The fraction of sp³-hybridized carbons (Fsp3) is 0.214. The second-order valence-electron chi connectivity index (χ2n) is 4.31. The number of nitrogens with zero attached hydrogens (tertiary/aromatic N) is 1. The Morgan fingerprint density at radius 2 is 1.88 bits per heavy atom. The van der Waals surface area contributed by atoms with Gasteiger partial charge in [0.15, 0.2) is 0 Å². The largest absolute Gasteiger partial charge is 0.399 e. The molecular weight excluding hydrogens is 196 g/mol. The van der Waals surface area contributed by atoms with Crippen LogP contribution in [0.2, 0.25) is 0 Å². The molecule has 1 heterocycles. The molecule has 1 aliphatic carbocycles. The lowest BCUT2D eigenvalue weighted by Gasteiger charge is -2.05. The molecule has 0 saturated carbocycles. The Morgan fingerprint density at radius 3 is 2.75 bits per heavy atom. The maximum absolute atomic E-state index is 5.77. The highest BCUT2D eigenvalue weighted by Gasteiger charge is 2.11. The first-order chi connectivity index (χ1) is 7.83. The van der Waals surface area contributed by atoms with Gasteiger partial charge in [-0.25, -0.2) is 0 Å². The van der Waals surface area contributed by atoms with Crippen molar-refractivity contribution in [2.24, 2.45) is 0 Å². The number of nitrogen functional groups attached to an aromatic ring is 1. The van der Waals surface area contributed by atoms with Crippen molar-refractivity contribution < 1.29 is 0 Å². The van der Waals surface area contributed by atoms with E-state index in [2.05, 4.69) is 23.2 Å². The zero-order chi connectivity index (χ0) is 11.0. The summed E-state index contributed by atoms with van der Waals surface area (Å²) in [7, 11) is 0. The van der Waals surface area contributed by atoms with Gasteiger partial charge in [-0.05, 0) is 48.6 Å². The second kappa shape index (κ2) is 3.63.